The van der Waals surface area contributed by atoms with Crippen LogP contribution >= 0.6 is 15.6 Å². The molecule has 0 aliphatic rings. The summed E-state index contributed by atoms with van der Waals surface area (Å²) in [6.07, 6.45) is 89.4. The average molecular weight is 1490 g/mol. The van der Waals surface area contributed by atoms with Crippen molar-refractivity contribution in [1.82, 2.24) is 0 Å². The number of rotatable bonds is 72. The molecule has 0 aliphatic heterocycles. The summed E-state index contributed by atoms with van der Waals surface area (Å²) in [5, 5.41) is 10.6. The van der Waals surface area contributed by atoms with Crippen molar-refractivity contribution < 1.29 is 80.2 Å². The molecule has 17 nitrogen and oxygen atoms in total. The van der Waals surface area contributed by atoms with Crippen LogP contribution in [0.5, 0.6) is 0 Å². The maximum atomic E-state index is 13.1. The molecular formula is C85H138O17P2. The number of aliphatic hydroxyl groups excluding tert-OH is 1. The highest BCUT2D eigenvalue weighted by atomic mass is 31.2. The van der Waals surface area contributed by atoms with Gasteiger partial charge in [0.2, 0.25) is 0 Å². The van der Waals surface area contributed by atoms with E-state index in [1.807, 2.05) is 36.5 Å². The smallest absolute Gasteiger partial charge is 0.462 e. The molecule has 5 unspecified atom stereocenters. The molecule has 0 aliphatic carbocycles. The van der Waals surface area contributed by atoms with Crippen LogP contribution in [-0.4, -0.2) is 96.7 Å². The van der Waals surface area contributed by atoms with Crippen molar-refractivity contribution in [3.05, 3.63) is 170 Å². The summed E-state index contributed by atoms with van der Waals surface area (Å²) >= 11 is 0. The van der Waals surface area contributed by atoms with Gasteiger partial charge in [-0.15, -0.1) is 0 Å². The van der Waals surface area contributed by atoms with E-state index in [0.717, 1.165) is 135 Å². The standard InChI is InChI=1S/C85H138O17P2/c1-5-9-13-17-21-25-29-32-35-37-39-41-44-47-51-54-58-62-66-70-83(88)96-76-81(102-85(90)72-68-64-60-56-52-48-45-42-40-38-36-33-30-26-22-18-14-10-6-2)78-100-104(93,94)98-74-79(86)73-97-103(91,92)99-77-80(101-84(89)71-67-63-59-55-49-28-24-20-16-12-8-4)75-95-82(87)69-65-61-57-53-50-46-43-34-31-27-23-19-15-11-7-3/h9-10,13-14,21-23,25-27,32-36,39-43,47-48,51-52,58,60,62,64,79-81,86H,5-8,11-12,15-20,24,28-31,37-38,44-46,49-50,53-57,59,61,63,65-78H2,1-4H3,(H,91,92)(H,93,94)/b13-9-,14-10-,25-21-,26-22-,27-23-,35-32-,36-33-,41-39-,42-40-,43-34-,51-47-,52-48-,62-58-,64-60-. The molecule has 0 rings (SSSR count). The molecule has 0 amide bonds. The number of hydrogen-bond donors (Lipinski definition) is 3. The van der Waals surface area contributed by atoms with Crippen molar-refractivity contribution >= 4 is 39.5 Å². The lowest BCUT2D eigenvalue weighted by atomic mass is 10.1. The van der Waals surface area contributed by atoms with Gasteiger partial charge in [0.1, 0.15) is 19.3 Å². The summed E-state index contributed by atoms with van der Waals surface area (Å²) in [4.78, 5) is 72.9. The maximum Gasteiger partial charge on any atom is 0.472 e. The van der Waals surface area contributed by atoms with E-state index in [4.69, 9.17) is 37.0 Å². The van der Waals surface area contributed by atoms with Crippen LogP contribution in [0.25, 0.3) is 0 Å². The van der Waals surface area contributed by atoms with Gasteiger partial charge < -0.3 is 33.8 Å². The fraction of sp³-hybridized carbons (Fsp3) is 0.624. The zero-order valence-corrected chi connectivity index (χ0v) is 66.2. The van der Waals surface area contributed by atoms with Gasteiger partial charge in [-0.1, -0.05) is 294 Å². The lowest BCUT2D eigenvalue weighted by Crippen LogP contribution is -2.30. The monoisotopic (exact) mass is 1490 g/mol. The van der Waals surface area contributed by atoms with Crippen LogP contribution in [0.1, 0.15) is 285 Å². The number of carbonyl (C=O) groups excluding carboxylic acids is 4. The summed E-state index contributed by atoms with van der Waals surface area (Å²) in [6, 6.07) is 0. The molecule has 3 N–H and O–H groups in total. The third-order valence-electron chi connectivity index (χ3n) is 15.7. The van der Waals surface area contributed by atoms with Gasteiger partial charge in [-0.2, -0.15) is 0 Å². The van der Waals surface area contributed by atoms with E-state index in [1.165, 1.54) is 57.8 Å². The van der Waals surface area contributed by atoms with Gasteiger partial charge in [-0.25, -0.2) is 9.13 Å². The molecule has 0 aromatic heterocycles. The topological polar surface area (TPSA) is 237 Å². The average Bonchev–Trinajstić information content (AvgIpc) is 0.928. The second-order valence-corrected chi connectivity index (χ2v) is 28.4. The van der Waals surface area contributed by atoms with E-state index >= 15 is 0 Å². The molecule has 0 aromatic rings. The Kier molecular flexibility index (Phi) is 71.6. The van der Waals surface area contributed by atoms with Crippen LogP contribution in [-0.2, 0) is 65.4 Å². The van der Waals surface area contributed by atoms with Crippen LogP contribution in [0, 0.1) is 0 Å². The highest BCUT2D eigenvalue weighted by Gasteiger charge is 2.30. The molecule has 590 valence electrons. The first-order valence-corrected chi connectivity index (χ1v) is 42.4. The molecule has 0 saturated carbocycles. The Labute approximate surface area is 629 Å². The van der Waals surface area contributed by atoms with E-state index in [9.17, 15) is 43.2 Å². The summed E-state index contributed by atoms with van der Waals surface area (Å²) in [6.45, 7) is 4.41. The van der Waals surface area contributed by atoms with Crippen molar-refractivity contribution in [2.75, 3.05) is 39.6 Å². The number of ether oxygens (including phenoxy) is 4. The lowest BCUT2D eigenvalue weighted by molar-refractivity contribution is -0.161. The van der Waals surface area contributed by atoms with Gasteiger partial charge in [0, 0.05) is 25.7 Å². The van der Waals surface area contributed by atoms with Gasteiger partial charge in [-0.3, -0.25) is 37.3 Å². The first-order valence-electron chi connectivity index (χ1n) is 39.4. The molecule has 5 atom stereocenters. The Morgan fingerprint density at radius 2 is 0.519 bits per heavy atom. The van der Waals surface area contributed by atoms with Crippen LogP contribution in [0.4, 0.5) is 0 Å². The molecule has 19 heteroatoms. The zero-order chi connectivity index (χ0) is 76.0. The summed E-state index contributed by atoms with van der Waals surface area (Å²) in [5.74, 6) is -2.40. The Hall–Kier alpha value is -5.58. The quantitative estimate of drug-likeness (QED) is 0.0169. The Bertz CT molecular complexity index is 2640. The van der Waals surface area contributed by atoms with Crippen LogP contribution in [0.3, 0.4) is 0 Å². The van der Waals surface area contributed by atoms with Crippen molar-refractivity contribution in [2.45, 2.75) is 303 Å². The van der Waals surface area contributed by atoms with E-state index in [0.29, 0.717) is 38.5 Å². The number of hydrogen-bond acceptors (Lipinski definition) is 15. The number of esters is 4. The minimum atomic E-state index is -5.02. The molecule has 0 heterocycles. The number of carbonyl (C=O) groups is 4. The largest absolute Gasteiger partial charge is 0.472 e. The van der Waals surface area contributed by atoms with Crippen molar-refractivity contribution in [1.29, 1.82) is 0 Å². The fourth-order valence-electron chi connectivity index (χ4n) is 9.77. The molecule has 0 saturated heterocycles. The fourth-order valence-corrected chi connectivity index (χ4v) is 11.4. The molecule has 0 fully saturated rings. The zero-order valence-electron chi connectivity index (χ0n) is 64.4. The number of phosphoric acid groups is 2. The molecule has 0 aromatic carbocycles. The number of allylic oxidation sites excluding steroid dienone is 28. The van der Waals surface area contributed by atoms with Crippen LogP contribution in [0.15, 0.2) is 170 Å². The van der Waals surface area contributed by atoms with Crippen LogP contribution in [0.2, 0.25) is 0 Å². The van der Waals surface area contributed by atoms with Gasteiger partial charge in [-0.05, 0) is 135 Å². The third kappa shape index (κ3) is 74.7. The minimum absolute atomic E-state index is 0.0140. The number of phosphoric ester groups is 2. The first kappa shape index (κ1) is 98.4. The van der Waals surface area contributed by atoms with E-state index in [1.54, 1.807) is 0 Å². The minimum Gasteiger partial charge on any atom is -0.462 e. The first-order chi connectivity index (χ1) is 50.7. The molecule has 0 bridgehead atoms. The molecular weight excluding hydrogens is 1350 g/mol. The Morgan fingerprint density at radius 1 is 0.279 bits per heavy atom. The second kappa shape index (κ2) is 75.6. The van der Waals surface area contributed by atoms with Gasteiger partial charge in [0.15, 0.2) is 12.2 Å². The Morgan fingerprint density at radius 3 is 0.865 bits per heavy atom. The van der Waals surface area contributed by atoms with Gasteiger partial charge in [0.25, 0.3) is 0 Å². The van der Waals surface area contributed by atoms with E-state index in [-0.39, 0.29) is 25.7 Å². The lowest BCUT2D eigenvalue weighted by Gasteiger charge is -2.21. The van der Waals surface area contributed by atoms with Crippen molar-refractivity contribution in [2.24, 2.45) is 0 Å². The molecule has 0 spiro atoms. The molecule has 0 radical (unpaired) electrons. The second-order valence-electron chi connectivity index (χ2n) is 25.5. The summed E-state index contributed by atoms with van der Waals surface area (Å²) in [5.41, 5.74) is 0. The van der Waals surface area contributed by atoms with Crippen LogP contribution < -0.4 is 0 Å². The highest BCUT2D eigenvalue weighted by Crippen LogP contribution is 2.45. The maximum absolute atomic E-state index is 13.1. The van der Waals surface area contributed by atoms with Gasteiger partial charge >= 0.3 is 39.5 Å². The Balaban J connectivity index is 5.51. The number of unbranched alkanes of at least 4 members (excludes halogenated alkanes) is 18. The van der Waals surface area contributed by atoms with Gasteiger partial charge in [0.05, 0.1) is 26.4 Å². The number of aliphatic hydroxyl groups is 1. The normalized spacial score (nSPS) is 14.8. The van der Waals surface area contributed by atoms with E-state index in [2.05, 4.69) is 161 Å². The van der Waals surface area contributed by atoms with Crippen molar-refractivity contribution in [3.8, 4) is 0 Å². The predicted molar refractivity (Wildman–Crippen MR) is 426 cm³/mol. The SMILES string of the molecule is CC/C=C\C/C=C\C/C=C\C/C=C\C/C=C\C/C=C\CCC(=O)OCC(COP(=O)(O)OCC(O)COP(=O)(O)OCC(COC(=O)CCCCCCC/C=C\C/C=C\CCCCC)OC(=O)CCCCCCCCCCCCC)OC(=O)CC/C=C\C/C=C\C/C=C\C/C=C\C/C=C\C/C=C\CC. The predicted octanol–water partition coefficient (Wildman–Crippen LogP) is 23.0. The van der Waals surface area contributed by atoms with Crippen molar-refractivity contribution in [3.63, 3.8) is 0 Å². The summed E-state index contributed by atoms with van der Waals surface area (Å²) in [7, 11) is -10.0. The molecule has 104 heavy (non-hydrogen) atoms. The van der Waals surface area contributed by atoms with E-state index < -0.39 is 97.5 Å². The highest BCUT2D eigenvalue weighted by molar-refractivity contribution is 7.47. The third-order valence-corrected chi connectivity index (χ3v) is 17.6. The summed E-state index contributed by atoms with van der Waals surface area (Å²) < 4.78 is 68.3.